The van der Waals surface area contributed by atoms with Crippen LogP contribution >= 0.6 is 11.3 Å². The van der Waals surface area contributed by atoms with Gasteiger partial charge in [-0.2, -0.15) is 0 Å². The van der Waals surface area contributed by atoms with Crippen molar-refractivity contribution in [3.05, 3.63) is 22.4 Å². The van der Waals surface area contributed by atoms with Crippen LogP contribution in [0.2, 0.25) is 0 Å². The molecular formula is C19H31N3OS. The van der Waals surface area contributed by atoms with Crippen molar-refractivity contribution in [1.82, 2.24) is 14.7 Å². The van der Waals surface area contributed by atoms with Crippen LogP contribution < -0.4 is 0 Å². The maximum Gasteiger partial charge on any atom is 0.236 e. The van der Waals surface area contributed by atoms with E-state index in [-0.39, 0.29) is 0 Å². The minimum atomic E-state index is 0.334. The zero-order valence-electron chi connectivity index (χ0n) is 15.1. The number of likely N-dealkylation sites (tertiary alicyclic amines) is 1. The van der Waals surface area contributed by atoms with Crippen LogP contribution in [0.15, 0.2) is 17.5 Å². The standard InChI is InChI=1S/C19H31N3OS/c1-16-12-17(2)14-22(13-16)19(23)15-21-9-7-20(8-10-21)6-5-18-4-3-11-24-18/h3-4,11,16-17H,5-10,12-15H2,1-2H3/t16-,17-/m1/s1. The van der Waals surface area contributed by atoms with Gasteiger partial charge in [0.15, 0.2) is 0 Å². The maximum absolute atomic E-state index is 12.6. The highest BCUT2D eigenvalue weighted by atomic mass is 32.1. The van der Waals surface area contributed by atoms with Crippen LogP contribution in [-0.2, 0) is 11.2 Å². The van der Waals surface area contributed by atoms with Gasteiger partial charge in [0.05, 0.1) is 6.54 Å². The highest BCUT2D eigenvalue weighted by Gasteiger charge is 2.27. The van der Waals surface area contributed by atoms with Gasteiger partial charge in [-0.3, -0.25) is 9.69 Å². The second kappa shape index (κ2) is 8.45. The van der Waals surface area contributed by atoms with Crippen LogP contribution in [0.3, 0.4) is 0 Å². The lowest BCUT2D eigenvalue weighted by Crippen LogP contribution is -2.52. The largest absolute Gasteiger partial charge is 0.341 e. The van der Waals surface area contributed by atoms with Gasteiger partial charge in [-0.1, -0.05) is 19.9 Å². The molecule has 2 fully saturated rings. The highest BCUT2D eigenvalue weighted by molar-refractivity contribution is 7.09. The third kappa shape index (κ3) is 5.04. The van der Waals surface area contributed by atoms with Gasteiger partial charge < -0.3 is 9.80 Å². The van der Waals surface area contributed by atoms with Crippen molar-refractivity contribution in [2.45, 2.75) is 26.7 Å². The second-order valence-corrected chi connectivity index (χ2v) is 8.72. The number of thiophene rings is 1. The molecule has 1 aromatic rings. The van der Waals surface area contributed by atoms with E-state index < -0.39 is 0 Å². The Morgan fingerprint density at radius 3 is 2.42 bits per heavy atom. The summed E-state index contributed by atoms with van der Waals surface area (Å²) in [7, 11) is 0. The molecule has 0 spiro atoms. The van der Waals surface area contributed by atoms with Crippen molar-refractivity contribution in [3.63, 3.8) is 0 Å². The van der Waals surface area contributed by atoms with E-state index in [1.165, 1.54) is 11.3 Å². The smallest absolute Gasteiger partial charge is 0.236 e. The van der Waals surface area contributed by atoms with Crippen molar-refractivity contribution in [1.29, 1.82) is 0 Å². The number of carbonyl (C=O) groups excluding carboxylic acids is 1. The van der Waals surface area contributed by atoms with Crippen LogP contribution in [0.5, 0.6) is 0 Å². The van der Waals surface area contributed by atoms with Gasteiger partial charge in [0.1, 0.15) is 0 Å². The highest BCUT2D eigenvalue weighted by Crippen LogP contribution is 2.21. The number of carbonyl (C=O) groups is 1. The summed E-state index contributed by atoms with van der Waals surface area (Å²) in [6.07, 6.45) is 2.41. The number of amides is 1. The molecule has 0 aromatic carbocycles. The molecule has 0 radical (unpaired) electrons. The van der Waals surface area contributed by atoms with Crippen molar-refractivity contribution in [2.75, 3.05) is 52.4 Å². The average Bonchev–Trinajstić information content (AvgIpc) is 3.07. The van der Waals surface area contributed by atoms with Crippen LogP contribution in [-0.4, -0.2) is 73.0 Å². The predicted molar refractivity (Wildman–Crippen MR) is 100 cm³/mol. The fourth-order valence-electron chi connectivity index (χ4n) is 4.05. The molecule has 0 N–H and O–H groups in total. The molecule has 1 aromatic heterocycles. The van der Waals surface area contributed by atoms with E-state index in [4.69, 9.17) is 0 Å². The number of piperidine rings is 1. The summed E-state index contributed by atoms with van der Waals surface area (Å²) in [5, 5.41) is 2.15. The zero-order valence-corrected chi connectivity index (χ0v) is 15.9. The van der Waals surface area contributed by atoms with Crippen molar-refractivity contribution in [3.8, 4) is 0 Å². The molecule has 2 aliphatic heterocycles. The molecule has 2 atom stereocenters. The van der Waals surface area contributed by atoms with Crippen LogP contribution in [0.25, 0.3) is 0 Å². The summed E-state index contributed by atoms with van der Waals surface area (Å²) in [5.41, 5.74) is 0. The fourth-order valence-corrected chi connectivity index (χ4v) is 4.75. The lowest BCUT2D eigenvalue weighted by atomic mass is 9.92. The van der Waals surface area contributed by atoms with E-state index in [1.54, 1.807) is 0 Å². The normalized spacial score (nSPS) is 26.7. The number of nitrogens with zero attached hydrogens (tertiary/aromatic N) is 3. The lowest BCUT2D eigenvalue weighted by Gasteiger charge is -2.38. The van der Waals surface area contributed by atoms with E-state index >= 15 is 0 Å². The van der Waals surface area contributed by atoms with Crippen molar-refractivity contribution in [2.24, 2.45) is 11.8 Å². The molecule has 4 nitrogen and oxygen atoms in total. The van der Waals surface area contributed by atoms with Crippen LogP contribution in [0.1, 0.15) is 25.1 Å². The molecule has 2 aliphatic rings. The summed E-state index contributed by atoms with van der Waals surface area (Å²) in [6, 6.07) is 4.35. The molecule has 1 amide bonds. The molecule has 3 heterocycles. The second-order valence-electron chi connectivity index (χ2n) is 7.69. The summed E-state index contributed by atoms with van der Waals surface area (Å²) in [5.74, 6) is 1.62. The molecule has 5 heteroatoms. The Bertz CT molecular complexity index is 501. The molecule has 2 saturated heterocycles. The van der Waals surface area contributed by atoms with Crippen molar-refractivity contribution < 1.29 is 4.79 Å². The first-order valence-corrected chi connectivity index (χ1v) is 10.2. The molecular weight excluding hydrogens is 318 g/mol. The van der Waals surface area contributed by atoms with Gasteiger partial charge in [0, 0.05) is 50.7 Å². The van der Waals surface area contributed by atoms with Gasteiger partial charge in [0.2, 0.25) is 5.91 Å². The third-order valence-electron chi connectivity index (χ3n) is 5.30. The number of piperazine rings is 1. The Labute approximate surface area is 150 Å². The van der Waals surface area contributed by atoms with Gasteiger partial charge in [0.25, 0.3) is 0 Å². The van der Waals surface area contributed by atoms with E-state index in [2.05, 4.69) is 46.1 Å². The van der Waals surface area contributed by atoms with E-state index in [0.29, 0.717) is 24.3 Å². The Hall–Kier alpha value is -0.910. The lowest BCUT2D eigenvalue weighted by molar-refractivity contribution is -0.135. The molecule has 3 rings (SSSR count). The molecule has 24 heavy (non-hydrogen) atoms. The summed E-state index contributed by atoms with van der Waals surface area (Å²) < 4.78 is 0. The van der Waals surface area contributed by atoms with Gasteiger partial charge >= 0.3 is 0 Å². The molecule has 0 aliphatic carbocycles. The molecule has 0 bridgehead atoms. The predicted octanol–water partition coefficient (Wildman–Crippen LogP) is 2.41. The summed E-state index contributed by atoms with van der Waals surface area (Å²) in [6.45, 7) is 12.4. The van der Waals surface area contributed by atoms with Crippen molar-refractivity contribution >= 4 is 17.2 Å². The zero-order chi connectivity index (χ0) is 16.9. The van der Waals surface area contributed by atoms with Crippen LogP contribution in [0, 0.1) is 11.8 Å². The number of rotatable bonds is 5. The first kappa shape index (κ1) is 17.9. The number of hydrogen-bond donors (Lipinski definition) is 0. The Kier molecular flexibility index (Phi) is 6.31. The maximum atomic E-state index is 12.6. The quantitative estimate of drug-likeness (QED) is 0.817. The molecule has 0 unspecified atom stereocenters. The summed E-state index contributed by atoms with van der Waals surface area (Å²) >= 11 is 1.85. The number of hydrogen-bond acceptors (Lipinski definition) is 4. The Balaban J connectivity index is 1.38. The minimum absolute atomic E-state index is 0.334. The fraction of sp³-hybridized carbons (Fsp3) is 0.737. The Morgan fingerprint density at radius 2 is 1.79 bits per heavy atom. The van der Waals surface area contributed by atoms with Crippen LogP contribution in [0.4, 0.5) is 0 Å². The third-order valence-corrected chi connectivity index (χ3v) is 6.24. The average molecular weight is 350 g/mol. The topological polar surface area (TPSA) is 26.8 Å². The van der Waals surface area contributed by atoms with E-state index in [0.717, 1.165) is 52.2 Å². The summed E-state index contributed by atoms with van der Waals surface area (Å²) in [4.78, 5) is 21.0. The minimum Gasteiger partial charge on any atom is -0.341 e. The molecule has 134 valence electrons. The van der Waals surface area contributed by atoms with E-state index in [9.17, 15) is 4.79 Å². The van der Waals surface area contributed by atoms with Gasteiger partial charge in [-0.05, 0) is 36.1 Å². The first-order valence-electron chi connectivity index (χ1n) is 9.35. The van der Waals surface area contributed by atoms with E-state index in [1.807, 2.05) is 11.3 Å². The van der Waals surface area contributed by atoms with Gasteiger partial charge in [-0.15, -0.1) is 11.3 Å². The SMILES string of the molecule is C[C@@H]1C[C@@H](C)CN(C(=O)CN2CCN(CCc3cccs3)CC2)C1. The molecule has 0 saturated carbocycles. The van der Waals surface area contributed by atoms with Gasteiger partial charge in [-0.25, -0.2) is 0 Å². The monoisotopic (exact) mass is 349 g/mol. The Morgan fingerprint density at radius 1 is 1.12 bits per heavy atom. The first-order chi connectivity index (χ1) is 11.6.